The fraction of sp³-hybridized carbons (Fsp3) is 0.267. The molecular weight excluding hydrogens is 274 g/mol. The molecule has 0 saturated carbocycles. The van der Waals surface area contributed by atoms with Crippen LogP contribution >= 0.6 is 11.3 Å². The fourth-order valence-corrected chi connectivity index (χ4v) is 2.53. The van der Waals surface area contributed by atoms with Crippen molar-refractivity contribution in [2.24, 2.45) is 0 Å². The van der Waals surface area contributed by atoms with Crippen molar-refractivity contribution in [2.75, 3.05) is 13.7 Å². The molecule has 0 bridgehead atoms. The SMILES string of the molecule is COc1cccc([C@H](O)C(=O)NCCc2ccsc2)c1. The van der Waals surface area contributed by atoms with Gasteiger partial charge >= 0.3 is 0 Å². The number of thiophene rings is 1. The maximum atomic E-state index is 11.9. The third-order valence-corrected chi connectivity index (χ3v) is 3.68. The van der Waals surface area contributed by atoms with Crippen LogP contribution in [0.15, 0.2) is 41.1 Å². The Morgan fingerprint density at radius 3 is 3.00 bits per heavy atom. The van der Waals surface area contributed by atoms with Gasteiger partial charge in [0, 0.05) is 6.54 Å². The van der Waals surface area contributed by atoms with E-state index in [9.17, 15) is 9.90 Å². The summed E-state index contributed by atoms with van der Waals surface area (Å²) >= 11 is 1.63. The quantitative estimate of drug-likeness (QED) is 0.857. The van der Waals surface area contributed by atoms with Gasteiger partial charge in [-0.3, -0.25) is 4.79 Å². The Morgan fingerprint density at radius 2 is 2.30 bits per heavy atom. The van der Waals surface area contributed by atoms with Crippen molar-refractivity contribution in [3.8, 4) is 5.75 Å². The molecule has 1 aromatic heterocycles. The first-order valence-corrected chi connectivity index (χ1v) is 7.26. The standard InChI is InChI=1S/C15H17NO3S/c1-19-13-4-2-3-12(9-13)14(17)15(18)16-7-5-11-6-8-20-10-11/h2-4,6,8-10,14,17H,5,7H2,1H3,(H,16,18)/t14-/m0/s1. The summed E-state index contributed by atoms with van der Waals surface area (Å²) < 4.78 is 5.07. The lowest BCUT2D eigenvalue weighted by atomic mass is 10.1. The van der Waals surface area contributed by atoms with Crippen molar-refractivity contribution in [2.45, 2.75) is 12.5 Å². The molecular formula is C15H17NO3S. The van der Waals surface area contributed by atoms with Crippen LogP contribution in [0.1, 0.15) is 17.2 Å². The normalized spacial score (nSPS) is 11.9. The van der Waals surface area contributed by atoms with Gasteiger partial charge in [0.25, 0.3) is 5.91 Å². The number of carbonyl (C=O) groups excluding carboxylic acids is 1. The summed E-state index contributed by atoms with van der Waals surface area (Å²) in [6.45, 7) is 0.511. The molecule has 0 aliphatic rings. The molecule has 2 N–H and O–H groups in total. The van der Waals surface area contributed by atoms with Crippen LogP contribution in [0.4, 0.5) is 0 Å². The summed E-state index contributed by atoms with van der Waals surface area (Å²) in [5.74, 6) is 0.223. The first-order valence-electron chi connectivity index (χ1n) is 6.31. The number of amides is 1. The molecule has 2 aromatic rings. The van der Waals surface area contributed by atoms with Crippen molar-refractivity contribution in [1.29, 1.82) is 0 Å². The molecule has 0 spiro atoms. The predicted octanol–water partition coefficient (Wildman–Crippen LogP) is 2.15. The van der Waals surface area contributed by atoms with Crippen LogP contribution in [-0.4, -0.2) is 24.7 Å². The summed E-state index contributed by atoms with van der Waals surface area (Å²) in [6.07, 6.45) is -0.410. The van der Waals surface area contributed by atoms with Gasteiger partial charge in [-0.25, -0.2) is 0 Å². The highest BCUT2D eigenvalue weighted by atomic mass is 32.1. The Morgan fingerprint density at radius 1 is 1.45 bits per heavy atom. The van der Waals surface area contributed by atoms with Gasteiger partial charge in [0.05, 0.1) is 7.11 Å². The van der Waals surface area contributed by atoms with Crippen molar-refractivity contribution in [3.05, 3.63) is 52.2 Å². The Kier molecular flexibility index (Phi) is 5.15. The molecule has 0 fully saturated rings. The van der Waals surface area contributed by atoms with E-state index >= 15 is 0 Å². The number of hydrogen-bond donors (Lipinski definition) is 2. The van der Waals surface area contributed by atoms with E-state index in [1.54, 1.807) is 42.7 Å². The van der Waals surface area contributed by atoms with E-state index in [2.05, 4.69) is 5.32 Å². The van der Waals surface area contributed by atoms with Gasteiger partial charge in [-0.05, 0) is 46.5 Å². The molecule has 1 heterocycles. The molecule has 0 unspecified atom stereocenters. The summed E-state index contributed by atoms with van der Waals surface area (Å²) in [5, 5.41) is 16.8. The number of hydrogen-bond acceptors (Lipinski definition) is 4. The number of aliphatic hydroxyl groups is 1. The molecule has 0 radical (unpaired) electrons. The summed E-state index contributed by atoms with van der Waals surface area (Å²) in [4.78, 5) is 11.9. The number of rotatable bonds is 6. The Labute approximate surface area is 122 Å². The maximum Gasteiger partial charge on any atom is 0.253 e. The first kappa shape index (κ1) is 14.6. The van der Waals surface area contributed by atoms with Crippen LogP contribution in [0.2, 0.25) is 0 Å². The largest absolute Gasteiger partial charge is 0.497 e. The number of benzene rings is 1. The summed E-state index contributed by atoms with van der Waals surface area (Å²) in [5.41, 5.74) is 1.71. The Balaban J connectivity index is 1.87. The Hall–Kier alpha value is -1.85. The molecule has 5 heteroatoms. The minimum Gasteiger partial charge on any atom is -0.497 e. The van der Waals surface area contributed by atoms with Crippen LogP contribution in [-0.2, 0) is 11.2 Å². The van der Waals surface area contributed by atoms with Gasteiger partial charge in [0.2, 0.25) is 0 Å². The number of ether oxygens (including phenoxy) is 1. The molecule has 1 atom stereocenters. The van der Waals surface area contributed by atoms with E-state index < -0.39 is 12.0 Å². The van der Waals surface area contributed by atoms with Crippen molar-refractivity contribution < 1.29 is 14.6 Å². The smallest absolute Gasteiger partial charge is 0.253 e. The molecule has 2 rings (SSSR count). The van der Waals surface area contributed by atoms with Crippen LogP contribution in [0.3, 0.4) is 0 Å². The van der Waals surface area contributed by atoms with E-state index in [0.29, 0.717) is 17.9 Å². The molecule has 0 aliphatic carbocycles. The van der Waals surface area contributed by atoms with E-state index in [-0.39, 0.29) is 0 Å². The maximum absolute atomic E-state index is 11.9. The minimum atomic E-state index is -1.17. The van der Waals surface area contributed by atoms with Gasteiger partial charge in [0.1, 0.15) is 5.75 Å². The van der Waals surface area contributed by atoms with Crippen LogP contribution in [0.5, 0.6) is 5.75 Å². The highest BCUT2D eigenvalue weighted by Crippen LogP contribution is 2.19. The van der Waals surface area contributed by atoms with Crippen molar-refractivity contribution in [3.63, 3.8) is 0 Å². The topological polar surface area (TPSA) is 58.6 Å². The number of methoxy groups -OCH3 is 1. The molecule has 0 aliphatic heterocycles. The lowest BCUT2D eigenvalue weighted by molar-refractivity contribution is -0.129. The second kappa shape index (κ2) is 7.07. The lowest BCUT2D eigenvalue weighted by Crippen LogP contribution is -2.30. The van der Waals surface area contributed by atoms with Gasteiger partial charge in [-0.2, -0.15) is 11.3 Å². The van der Waals surface area contributed by atoms with E-state index in [0.717, 1.165) is 6.42 Å². The first-order chi connectivity index (χ1) is 9.70. The zero-order valence-electron chi connectivity index (χ0n) is 11.2. The zero-order chi connectivity index (χ0) is 14.4. The monoisotopic (exact) mass is 291 g/mol. The average Bonchev–Trinajstić information content (AvgIpc) is 2.99. The molecule has 1 aromatic carbocycles. The van der Waals surface area contributed by atoms with Crippen LogP contribution in [0, 0.1) is 0 Å². The number of carbonyl (C=O) groups is 1. The Bertz CT molecular complexity index is 554. The van der Waals surface area contributed by atoms with Crippen LogP contribution < -0.4 is 10.1 Å². The average molecular weight is 291 g/mol. The van der Waals surface area contributed by atoms with Gasteiger partial charge in [0.15, 0.2) is 6.10 Å². The summed E-state index contributed by atoms with van der Waals surface area (Å²) in [7, 11) is 1.55. The second-order valence-electron chi connectivity index (χ2n) is 4.35. The lowest BCUT2D eigenvalue weighted by Gasteiger charge is -2.12. The fourth-order valence-electron chi connectivity index (χ4n) is 1.82. The predicted molar refractivity (Wildman–Crippen MR) is 79.0 cm³/mol. The molecule has 4 nitrogen and oxygen atoms in total. The number of nitrogens with one attached hydrogen (secondary N) is 1. The minimum absolute atomic E-state index is 0.395. The molecule has 20 heavy (non-hydrogen) atoms. The highest BCUT2D eigenvalue weighted by molar-refractivity contribution is 7.07. The van der Waals surface area contributed by atoms with Crippen molar-refractivity contribution >= 4 is 17.2 Å². The molecule has 106 valence electrons. The number of aliphatic hydroxyl groups excluding tert-OH is 1. The van der Waals surface area contributed by atoms with Gasteiger partial charge in [-0.1, -0.05) is 12.1 Å². The summed E-state index contributed by atoms with van der Waals surface area (Å²) in [6, 6.07) is 8.89. The highest BCUT2D eigenvalue weighted by Gasteiger charge is 2.17. The van der Waals surface area contributed by atoms with Crippen LogP contribution in [0.25, 0.3) is 0 Å². The third kappa shape index (κ3) is 3.82. The van der Waals surface area contributed by atoms with E-state index in [4.69, 9.17) is 4.74 Å². The third-order valence-electron chi connectivity index (χ3n) is 2.95. The molecule has 1 amide bonds. The van der Waals surface area contributed by atoms with Gasteiger partial charge in [-0.15, -0.1) is 0 Å². The zero-order valence-corrected chi connectivity index (χ0v) is 12.0. The second-order valence-corrected chi connectivity index (χ2v) is 5.13. The molecule has 0 saturated heterocycles. The van der Waals surface area contributed by atoms with E-state index in [1.165, 1.54) is 5.56 Å². The van der Waals surface area contributed by atoms with Gasteiger partial charge < -0.3 is 15.2 Å². The van der Waals surface area contributed by atoms with Crippen molar-refractivity contribution in [1.82, 2.24) is 5.32 Å². The van der Waals surface area contributed by atoms with E-state index in [1.807, 2.05) is 16.8 Å².